The van der Waals surface area contributed by atoms with Crippen LogP contribution in [-0.4, -0.2) is 29.0 Å². The molecule has 0 bridgehead atoms. The minimum absolute atomic E-state index is 0.0353. The van der Waals surface area contributed by atoms with Gasteiger partial charge in [0.05, 0.1) is 6.20 Å². The predicted molar refractivity (Wildman–Crippen MR) is 81.7 cm³/mol. The molecule has 23 heavy (non-hydrogen) atoms. The van der Waals surface area contributed by atoms with Crippen molar-refractivity contribution < 1.29 is 18.3 Å². The van der Waals surface area contributed by atoms with Gasteiger partial charge < -0.3 is 15.4 Å². The summed E-state index contributed by atoms with van der Waals surface area (Å²) in [4.78, 5) is 11.9. The number of benzene rings is 1. The van der Waals surface area contributed by atoms with E-state index in [4.69, 9.17) is 0 Å². The summed E-state index contributed by atoms with van der Waals surface area (Å²) in [5.41, 5.74) is 1.87. The molecule has 1 aromatic carbocycles. The van der Waals surface area contributed by atoms with Crippen LogP contribution in [0.3, 0.4) is 0 Å². The molecule has 8 heteroatoms. The Labute approximate surface area is 132 Å². The zero-order chi connectivity index (χ0) is 16.8. The third kappa shape index (κ3) is 4.94. The number of nitrogens with zero attached hydrogens (tertiary/aromatic N) is 2. The van der Waals surface area contributed by atoms with E-state index in [0.29, 0.717) is 24.2 Å². The van der Waals surface area contributed by atoms with Gasteiger partial charge in [0, 0.05) is 31.0 Å². The number of urea groups is 1. The number of hydrogen-bond donors (Lipinski definition) is 2. The number of anilines is 1. The van der Waals surface area contributed by atoms with E-state index in [1.807, 2.05) is 13.2 Å². The summed E-state index contributed by atoms with van der Waals surface area (Å²) in [6, 6.07) is 4.17. The summed E-state index contributed by atoms with van der Waals surface area (Å²) in [5, 5.41) is 9.36. The first-order valence-electron chi connectivity index (χ1n) is 7.02. The Morgan fingerprint density at radius 2 is 2.22 bits per heavy atom. The van der Waals surface area contributed by atoms with Crippen molar-refractivity contribution in [2.75, 3.05) is 11.9 Å². The van der Waals surface area contributed by atoms with Crippen molar-refractivity contribution in [1.29, 1.82) is 0 Å². The first-order chi connectivity index (χ1) is 11.0. The number of alkyl halides is 2. The number of carbonyl (C=O) groups excluding carboxylic acids is 1. The van der Waals surface area contributed by atoms with Gasteiger partial charge in [0.1, 0.15) is 5.75 Å². The van der Waals surface area contributed by atoms with Crippen LogP contribution in [0.4, 0.5) is 19.3 Å². The average Bonchev–Trinajstić information content (AvgIpc) is 2.88. The molecule has 6 nitrogen and oxygen atoms in total. The SMILES string of the molecule is Cc1c(NC(=O)NCCc2cnn(C)c2)cccc1OC(F)F. The van der Waals surface area contributed by atoms with E-state index in [0.717, 1.165) is 5.56 Å². The van der Waals surface area contributed by atoms with Crippen LogP contribution in [0.1, 0.15) is 11.1 Å². The van der Waals surface area contributed by atoms with Crippen molar-refractivity contribution in [2.24, 2.45) is 7.05 Å². The van der Waals surface area contributed by atoms with Crippen LogP contribution in [-0.2, 0) is 13.5 Å². The highest BCUT2D eigenvalue weighted by Crippen LogP contribution is 2.26. The summed E-state index contributed by atoms with van der Waals surface area (Å²) in [5.74, 6) is 0.0353. The van der Waals surface area contributed by atoms with Crippen LogP contribution in [0.2, 0.25) is 0 Å². The summed E-state index contributed by atoms with van der Waals surface area (Å²) in [6.07, 6.45) is 4.25. The van der Waals surface area contributed by atoms with Crippen molar-refractivity contribution in [3.8, 4) is 5.75 Å². The zero-order valence-corrected chi connectivity index (χ0v) is 12.8. The fourth-order valence-electron chi connectivity index (χ4n) is 2.06. The van der Waals surface area contributed by atoms with Gasteiger partial charge in [0.25, 0.3) is 0 Å². The normalized spacial score (nSPS) is 10.7. The number of nitrogens with one attached hydrogen (secondary N) is 2. The second kappa shape index (κ2) is 7.57. The number of carbonyl (C=O) groups is 1. The molecule has 124 valence electrons. The predicted octanol–water partition coefficient (Wildman–Crippen LogP) is 2.69. The number of hydrogen-bond acceptors (Lipinski definition) is 3. The molecule has 0 atom stereocenters. The minimum atomic E-state index is -2.91. The summed E-state index contributed by atoms with van der Waals surface area (Å²) in [7, 11) is 1.82. The molecular weight excluding hydrogens is 306 g/mol. The van der Waals surface area contributed by atoms with Crippen molar-refractivity contribution in [1.82, 2.24) is 15.1 Å². The standard InChI is InChI=1S/C15H18F2N4O2/c1-10-12(4-3-5-13(10)23-14(16)17)20-15(22)18-7-6-11-8-19-21(2)9-11/h3-5,8-9,14H,6-7H2,1-2H3,(H2,18,20,22). The molecule has 1 aromatic heterocycles. The Morgan fingerprint density at radius 1 is 1.43 bits per heavy atom. The maximum Gasteiger partial charge on any atom is 0.387 e. The Balaban J connectivity index is 1.87. The molecule has 0 radical (unpaired) electrons. The van der Waals surface area contributed by atoms with Crippen molar-refractivity contribution in [3.05, 3.63) is 41.7 Å². The molecule has 1 heterocycles. The van der Waals surface area contributed by atoms with Crippen LogP contribution in [0.25, 0.3) is 0 Å². The number of aryl methyl sites for hydroxylation is 1. The van der Waals surface area contributed by atoms with Crippen LogP contribution in [0.5, 0.6) is 5.75 Å². The second-order valence-electron chi connectivity index (χ2n) is 4.96. The first kappa shape index (κ1) is 16.7. The number of halogens is 2. The number of ether oxygens (including phenoxy) is 1. The molecule has 2 amide bonds. The van der Waals surface area contributed by atoms with Crippen molar-refractivity contribution in [2.45, 2.75) is 20.0 Å². The first-order valence-corrected chi connectivity index (χ1v) is 7.02. The molecular formula is C15H18F2N4O2. The fourth-order valence-corrected chi connectivity index (χ4v) is 2.06. The van der Waals surface area contributed by atoms with Gasteiger partial charge in [0.15, 0.2) is 0 Å². The van der Waals surface area contributed by atoms with Crippen LogP contribution in [0, 0.1) is 6.92 Å². The molecule has 0 aliphatic carbocycles. The molecule has 2 aromatic rings. The van der Waals surface area contributed by atoms with E-state index in [9.17, 15) is 13.6 Å². The third-order valence-corrected chi connectivity index (χ3v) is 3.21. The van der Waals surface area contributed by atoms with E-state index >= 15 is 0 Å². The molecule has 0 saturated carbocycles. The topological polar surface area (TPSA) is 68.2 Å². The van der Waals surface area contributed by atoms with Gasteiger partial charge in [-0.2, -0.15) is 13.9 Å². The largest absolute Gasteiger partial charge is 0.434 e. The molecule has 0 unspecified atom stereocenters. The maximum atomic E-state index is 12.3. The van der Waals surface area contributed by atoms with Gasteiger partial charge in [0.2, 0.25) is 0 Å². The van der Waals surface area contributed by atoms with Gasteiger partial charge in [-0.3, -0.25) is 4.68 Å². The number of aromatic nitrogens is 2. The molecule has 2 rings (SSSR count). The van der Waals surface area contributed by atoms with Gasteiger partial charge in [-0.25, -0.2) is 4.79 Å². The quantitative estimate of drug-likeness (QED) is 0.858. The second-order valence-corrected chi connectivity index (χ2v) is 4.96. The molecule has 0 aliphatic heterocycles. The molecule has 0 fully saturated rings. The zero-order valence-electron chi connectivity index (χ0n) is 12.8. The molecule has 0 aliphatic rings. The van der Waals surface area contributed by atoms with Crippen molar-refractivity contribution in [3.63, 3.8) is 0 Å². The highest BCUT2D eigenvalue weighted by Gasteiger charge is 2.11. The smallest absolute Gasteiger partial charge is 0.387 e. The molecule has 0 saturated heterocycles. The van der Waals surface area contributed by atoms with Crippen LogP contribution >= 0.6 is 0 Å². The lowest BCUT2D eigenvalue weighted by Gasteiger charge is -2.13. The summed E-state index contributed by atoms with van der Waals surface area (Å²) < 4.78 is 30.7. The Bertz CT molecular complexity index is 673. The number of amides is 2. The van der Waals surface area contributed by atoms with E-state index in [2.05, 4.69) is 20.5 Å². The lowest BCUT2D eigenvalue weighted by atomic mass is 10.2. The lowest BCUT2D eigenvalue weighted by Crippen LogP contribution is -2.30. The minimum Gasteiger partial charge on any atom is -0.434 e. The number of rotatable bonds is 6. The highest BCUT2D eigenvalue weighted by atomic mass is 19.3. The van der Waals surface area contributed by atoms with Crippen molar-refractivity contribution >= 4 is 11.7 Å². The van der Waals surface area contributed by atoms with Crippen LogP contribution in [0.15, 0.2) is 30.6 Å². The lowest BCUT2D eigenvalue weighted by molar-refractivity contribution is -0.0502. The van der Waals surface area contributed by atoms with Gasteiger partial charge in [-0.15, -0.1) is 0 Å². The van der Waals surface area contributed by atoms with Gasteiger partial charge >= 0.3 is 12.6 Å². The third-order valence-electron chi connectivity index (χ3n) is 3.21. The monoisotopic (exact) mass is 324 g/mol. The Morgan fingerprint density at radius 3 is 2.87 bits per heavy atom. The Kier molecular flexibility index (Phi) is 5.51. The van der Waals surface area contributed by atoms with Gasteiger partial charge in [-0.1, -0.05) is 6.07 Å². The van der Waals surface area contributed by atoms with Crippen LogP contribution < -0.4 is 15.4 Å². The maximum absolute atomic E-state index is 12.3. The van der Waals surface area contributed by atoms with E-state index < -0.39 is 12.6 Å². The van der Waals surface area contributed by atoms with Gasteiger partial charge in [-0.05, 0) is 31.0 Å². The Hall–Kier alpha value is -2.64. The average molecular weight is 324 g/mol. The van der Waals surface area contributed by atoms with E-state index in [-0.39, 0.29) is 5.75 Å². The van der Waals surface area contributed by atoms with E-state index in [1.165, 1.54) is 12.1 Å². The summed E-state index contributed by atoms with van der Waals surface area (Å²) >= 11 is 0. The van der Waals surface area contributed by atoms with E-state index in [1.54, 1.807) is 23.9 Å². The summed E-state index contributed by atoms with van der Waals surface area (Å²) in [6.45, 7) is -0.871. The fraction of sp³-hybridized carbons (Fsp3) is 0.333. The highest BCUT2D eigenvalue weighted by molar-refractivity contribution is 5.90. The molecule has 0 spiro atoms. The molecule has 2 N–H and O–H groups in total.